The van der Waals surface area contributed by atoms with Gasteiger partial charge in [-0.3, -0.25) is 9.78 Å². The monoisotopic (exact) mass is 477 g/mol. The fourth-order valence-corrected chi connectivity index (χ4v) is 4.14. The number of hydrogen-bond acceptors (Lipinski definition) is 4. The first-order valence-corrected chi connectivity index (χ1v) is 10.0. The Bertz CT molecular complexity index is 795. The summed E-state index contributed by atoms with van der Waals surface area (Å²) in [6.07, 6.45) is -3.47. The van der Waals surface area contributed by atoms with Crippen LogP contribution in [0.4, 0.5) is 18.0 Å². The summed E-state index contributed by atoms with van der Waals surface area (Å²) >= 11 is 3.16. The zero-order chi connectivity index (χ0) is 21.6. The summed E-state index contributed by atoms with van der Waals surface area (Å²) in [5, 5.41) is 0. The van der Waals surface area contributed by atoms with Crippen LogP contribution in [0.25, 0.3) is 0 Å². The Morgan fingerprint density at radius 1 is 1.28 bits per heavy atom. The normalized spacial score (nSPS) is 23.8. The highest BCUT2D eigenvalue weighted by Crippen LogP contribution is 2.47. The van der Waals surface area contributed by atoms with Crippen LogP contribution in [0.5, 0.6) is 0 Å². The van der Waals surface area contributed by atoms with Gasteiger partial charge >= 0.3 is 12.3 Å². The number of carbonyl (C=O) groups is 2. The summed E-state index contributed by atoms with van der Waals surface area (Å²) in [6, 6.07) is 0.623. The highest BCUT2D eigenvalue weighted by Gasteiger charge is 2.56. The molecule has 2 aliphatic heterocycles. The summed E-state index contributed by atoms with van der Waals surface area (Å²) < 4.78 is 47.5. The molecular weight excluding hydrogens is 455 g/mol. The van der Waals surface area contributed by atoms with Gasteiger partial charge in [0.25, 0.3) is 0 Å². The van der Waals surface area contributed by atoms with Gasteiger partial charge in [0.1, 0.15) is 5.60 Å². The molecule has 1 spiro atoms. The van der Waals surface area contributed by atoms with Gasteiger partial charge < -0.3 is 14.5 Å². The van der Waals surface area contributed by atoms with Crippen molar-refractivity contribution < 1.29 is 27.5 Å². The number of nitrogens with zero attached hydrogens (tertiary/aromatic N) is 3. The predicted octanol–water partition coefficient (Wildman–Crippen LogP) is 4.31. The number of pyridine rings is 1. The molecule has 0 aromatic carbocycles. The molecule has 0 aliphatic carbocycles. The maximum atomic E-state index is 13.9. The molecule has 2 atom stereocenters. The Balaban J connectivity index is 1.80. The Hall–Kier alpha value is -1.84. The quantitative estimate of drug-likeness (QED) is 0.636. The summed E-state index contributed by atoms with van der Waals surface area (Å²) in [5.74, 6) is -0.580. The Morgan fingerprint density at radius 2 is 1.97 bits per heavy atom. The van der Waals surface area contributed by atoms with Crippen LogP contribution in [0.15, 0.2) is 22.8 Å². The topological polar surface area (TPSA) is 62.7 Å². The zero-order valence-corrected chi connectivity index (χ0v) is 18.0. The molecule has 0 saturated carbocycles. The number of amides is 2. The number of halogens is 4. The van der Waals surface area contributed by atoms with Gasteiger partial charge in [-0.2, -0.15) is 13.2 Å². The zero-order valence-electron chi connectivity index (χ0n) is 16.4. The summed E-state index contributed by atoms with van der Waals surface area (Å²) in [4.78, 5) is 31.2. The predicted molar refractivity (Wildman–Crippen MR) is 102 cm³/mol. The number of aromatic nitrogens is 1. The summed E-state index contributed by atoms with van der Waals surface area (Å²) in [7, 11) is 0. The van der Waals surface area contributed by atoms with E-state index in [-0.39, 0.29) is 25.2 Å². The molecule has 0 N–H and O–H groups in total. The molecule has 6 nitrogen and oxygen atoms in total. The lowest BCUT2D eigenvalue weighted by Crippen LogP contribution is -2.41. The first-order valence-electron chi connectivity index (χ1n) is 9.25. The van der Waals surface area contributed by atoms with Gasteiger partial charge in [0.05, 0.1) is 5.69 Å². The Morgan fingerprint density at radius 3 is 2.52 bits per heavy atom. The van der Waals surface area contributed by atoms with E-state index >= 15 is 0 Å². The van der Waals surface area contributed by atoms with E-state index in [0.717, 1.165) is 4.90 Å². The van der Waals surface area contributed by atoms with Crippen LogP contribution in [0, 0.1) is 5.41 Å². The number of ether oxygens (including phenoxy) is 1. The van der Waals surface area contributed by atoms with Gasteiger partial charge in [0.2, 0.25) is 5.91 Å². The number of hydrogen-bond donors (Lipinski definition) is 0. The van der Waals surface area contributed by atoms with Crippen LogP contribution in [-0.2, 0) is 9.53 Å². The molecule has 0 bridgehead atoms. The Kier molecular flexibility index (Phi) is 5.61. The lowest BCUT2D eigenvalue weighted by atomic mass is 9.86. The van der Waals surface area contributed by atoms with Crippen molar-refractivity contribution in [3.8, 4) is 0 Å². The van der Waals surface area contributed by atoms with Crippen LogP contribution >= 0.6 is 15.9 Å². The fourth-order valence-electron chi connectivity index (χ4n) is 3.91. The molecular formula is C19H23BrF3N3O3. The molecule has 3 rings (SSSR count). The van der Waals surface area contributed by atoms with E-state index in [2.05, 4.69) is 20.9 Å². The second kappa shape index (κ2) is 7.45. The van der Waals surface area contributed by atoms with Gasteiger partial charge in [-0.25, -0.2) is 4.79 Å². The van der Waals surface area contributed by atoms with E-state index in [1.54, 1.807) is 20.8 Å². The molecule has 10 heteroatoms. The molecule has 160 valence electrons. The molecule has 2 saturated heterocycles. The maximum Gasteiger partial charge on any atom is 0.414 e. The van der Waals surface area contributed by atoms with Crippen LogP contribution in [0.1, 0.15) is 45.3 Å². The molecule has 29 heavy (non-hydrogen) atoms. The minimum absolute atomic E-state index is 0.0323. The second-order valence-electron chi connectivity index (χ2n) is 8.70. The third-order valence-electron chi connectivity index (χ3n) is 5.09. The first-order chi connectivity index (χ1) is 13.3. The van der Waals surface area contributed by atoms with Crippen molar-refractivity contribution >= 4 is 27.9 Å². The molecule has 2 amide bonds. The summed E-state index contributed by atoms with van der Waals surface area (Å²) in [5.41, 5.74) is -1.60. The number of carbonyl (C=O) groups excluding carboxylic acids is 2. The average Bonchev–Trinajstić information content (AvgIpc) is 3.11. The minimum Gasteiger partial charge on any atom is -0.444 e. The SMILES string of the molecule is CC(C)(C)OC(=O)N1CCC2(CC(=O)N(C(c3ccc(Br)cn3)C(F)(F)F)C2)C1. The molecule has 2 fully saturated rings. The molecule has 2 aliphatic rings. The van der Waals surface area contributed by atoms with Crippen molar-refractivity contribution in [2.75, 3.05) is 19.6 Å². The third kappa shape index (κ3) is 4.84. The van der Waals surface area contributed by atoms with E-state index in [4.69, 9.17) is 4.74 Å². The van der Waals surface area contributed by atoms with E-state index in [9.17, 15) is 22.8 Å². The van der Waals surface area contributed by atoms with Gasteiger partial charge in [0, 0.05) is 42.1 Å². The summed E-state index contributed by atoms with van der Waals surface area (Å²) in [6.45, 7) is 5.71. The van der Waals surface area contributed by atoms with Crippen LogP contribution in [0.2, 0.25) is 0 Å². The number of alkyl halides is 3. The van der Waals surface area contributed by atoms with Crippen LogP contribution < -0.4 is 0 Å². The van der Waals surface area contributed by atoms with Crippen molar-refractivity contribution in [3.63, 3.8) is 0 Å². The second-order valence-corrected chi connectivity index (χ2v) is 9.61. The standard InChI is InChI=1S/C19H23BrF3N3O3/c1-17(2,3)29-16(28)25-7-6-18(10-25)8-14(27)26(11-18)15(19(21,22)23)13-5-4-12(20)9-24-13/h4-5,9,15H,6-8,10-11H2,1-3H3. The van der Waals surface area contributed by atoms with E-state index < -0.39 is 35.2 Å². The molecule has 2 unspecified atom stereocenters. The largest absolute Gasteiger partial charge is 0.444 e. The van der Waals surface area contributed by atoms with Gasteiger partial charge in [-0.05, 0) is 55.3 Å². The van der Waals surface area contributed by atoms with E-state index in [0.29, 0.717) is 17.4 Å². The highest BCUT2D eigenvalue weighted by molar-refractivity contribution is 9.10. The minimum atomic E-state index is -4.66. The molecule has 1 aromatic heterocycles. The van der Waals surface area contributed by atoms with Crippen LogP contribution in [0.3, 0.4) is 0 Å². The van der Waals surface area contributed by atoms with Crippen molar-refractivity contribution in [1.29, 1.82) is 0 Å². The lowest BCUT2D eigenvalue weighted by Gasteiger charge is -2.31. The van der Waals surface area contributed by atoms with Crippen molar-refractivity contribution in [2.24, 2.45) is 5.41 Å². The van der Waals surface area contributed by atoms with Crippen molar-refractivity contribution in [3.05, 3.63) is 28.5 Å². The van der Waals surface area contributed by atoms with Gasteiger partial charge in [-0.15, -0.1) is 0 Å². The van der Waals surface area contributed by atoms with E-state index in [1.807, 2.05) is 0 Å². The highest BCUT2D eigenvalue weighted by atomic mass is 79.9. The molecule has 1 aromatic rings. The number of likely N-dealkylation sites (tertiary alicyclic amines) is 2. The van der Waals surface area contributed by atoms with Crippen molar-refractivity contribution in [2.45, 2.75) is 51.4 Å². The average molecular weight is 478 g/mol. The lowest BCUT2D eigenvalue weighted by molar-refractivity contribution is -0.190. The van der Waals surface area contributed by atoms with Gasteiger partial charge in [-0.1, -0.05) is 0 Å². The first kappa shape index (κ1) is 21.9. The van der Waals surface area contributed by atoms with Gasteiger partial charge in [0.15, 0.2) is 6.04 Å². The maximum absolute atomic E-state index is 13.9. The number of rotatable bonds is 2. The smallest absolute Gasteiger partial charge is 0.414 e. The van der Waals surface area contributed by atoms with Crippen LogP contribution in [-0.4, -0.2) is 58.2 Å². The fraction of sp³-hybridized carbons (Fsp3) is 0.632. The molecule has 0 radical (unpaired) electrons. The third-order valence-corrected chi connectivity index (χ3v) is 5.56. The Labute approximate surface area is 175 Å². The van der Waals surface area contributed by atoms with E-state index in [1.165, 1.54) is 23.2 Å². The molecule has 3 heterocycles. The van der Waals surface area contributed by atoms with Crippen molar-refractivity contribution in [1.82, 2.24) is 14.8 Å².